The van der Waals surface area contributed by atoms with Crippen molar-refractivity contribution in [2.75, 3.05) is 29.9 Å². The fraction of sp³-hybridized carbons (Fsp3) is 0.286. The van der Waals surface area contributed by atoms with Crippen LogP contribution in [0.4, 0.5) is 23.0 Å². The molecule has 1 saturated heterocycles. The van der Waals surface area contributed by atoms with Gasteiger partial charge in [0.1, 0.15) is 11.5 Å². The smallest absolute Gasteiger partial charge is 0.178 e. The average molecular weight is 409 g/mol. The molecule has 2 aliphatic rings. The van der Waals surface area contributed by atoms with E-state index in [2.05, 4.69) is 33.4 Å². The number of pyridine rings is 1. The first-order valence-corrected chi connectivity index (χ1v) is 10.0. The second kappa shape index (κ2) is 7.17. The van der Waals surface area contributed by atoms with Crippen LogP contribution in [0.25, 0.3) is 0 Å². The van der Waals surface area contributed by atoms with Gasteiger partial charge in [0, 0.05) is 41.5 Å². The maximum absolute atomic E-state index is 6.52. The zero-order valence-corrected chi connectivity index (χ0v) is 17.0. The Balaban J connectivity index is 1.66. The van der Waals surface area contributed by atoms with Crippen molar-refractivity contribution in [1.29, 1.82) is 0 Å². The lowest BCUT2D eigenvalue weighted by molar-refractivity contribution is 0.0529. The van der Waals surface area contributed by atoms with E-state index in [0.717, 1.165) is 52.8 Å². The third-order valence-electron chi connectivity index (χ3n) is 5.23. The minimum atomic E-state index is 0.179. The number of nitrogens with one attached hydrogen (secondary N) is 2. The van der Waals surface area contributed by atoms with Gasteiger partial charge in [0.15, 0.2) is 5.82 Å². The Hall–Kier alpha value is -2.90. The number of aromatic nitrogens is 3. The lowest BCUT2D eigenvalue weighted by Gasteiger charge is -2.32. The van der Waals surface area contributed by atoms with Crippen molar-refractivity contribution in [2.45, 2.75) is 20.0 Å². The maximum Gasteiger partial charge on any atom is 0.178 e. The van der Waals surface area contributed by atoms with Crippen molar-refractivity contribution in [2.24, 2.45) is 4.99 Å². The molecule has 1 fully saturated rings. The molecule has 0 spiro atoms. The van der Waals surface area contributed by atoms with E-state index in [1.807, 2.05) is 37.4 Å². The van der Waals surface area contributed by atoms with Gasteiger partial charge >= 0.3 is 0 Å². The number of benzene rings is 1. The van der Waals surface area contributed by atoms with Gasteiger partial charge < -0.3 is 15.0 Å². The largest absolute Gasteiger partial charge is 0.375 e. The van der Waals surface area contributed by atoms with E-state index in [-0.39, 0.29) is 6.10 Å². The Kier molecular flexibility index (Phi) is 4.49. The van der Waals surface area contributed by atoms with Gasteiger partial charge in [0.25, 0.3) is 0 Å². The van der Waals surface area contributed by atoms with E-state index >= 15 is 0 Å². The summed E-state index contributed by atoms with van der Waals surface area (Å²) in [5.74, 6) is 1.60. The van der Waals surface area contributed by atoms with Crippen molar-refractivity contribution in [3.05, 3.63) is 58.4 Å². The fourth-order valence-corrected chi connectivity index (χ4v) is 3.97. The van der Waals surface area contributed by atoms with Crippen molar-refractivity contribution < 1.29 is 4.74 Å². The molecule has 148 valence electrons. The van der Waals surface area contributed by atoms with Crippen LogP contribution in [-0.4, -0.2) is 46.7 Å². The standard InChI is InChI=1S/C21H21ClN6O/c1-12-11-28(7-8-29-12)18-9-17-15(10-23-18)20(14-5-3-4-6-16(14)22)25-19-13(2)26-27-21(19)24-17/h3-6,9-10,12H,7-8,11H2,1-2H3,(H2,24,26,27)/t12-/m0/s1. The summed E-state index contributed by atoms with van der Waals surface area (Å²) >= 11 is 6.52. The first-order valence-electron chi connectivity index (χ1n) is 9.62. The third kappa shape index (κ3) is 3.26. The number of nitrogens with zero attached hydrogens (tertiary/aromatic N) is 4. The number of H-pyrrole nitrogens is 1. The summed E-state index contributed by atoms with van der Waals surface area (Å²) in [6.07, 6.45) is 2.04. The minimum Gasteiger partial charge on any atom is -0.375 e. The summed E-state index contributed by atoms with van der Waals surface area (Å²) in [7, 11) is 0. The predicted octanol–water partition coefficient (Wildman–Crippen LogP) is 4.22. The molecule has 1 atom stereocenters. The molecule has 0 unspecified atom stereocenters. The zero-order chi connectivity index (χ0) is 20.0. The van der Waals surface area contributed by atoms with E-state index < -0.39 is 0 Å². The SMILES string of the molecule is Cc1[nH]nc2c1N=C(c1ccccc1Cl)c1cnc(N3CCO[C@@H](C)C3)cc1N2. The molecule has 7 nitrogen and oxygen atoms in total. The molecule has 3 aromatic rings. The number of hydrogen-bond acceptors (Lipinski definition) is 6. The summed E-state index contributed by atoms with van der Waals surface area (Å²) in [5, 5.41) is 11.5. The quantitative estimate of drug-likeness (QED) is 0.519. The molecule has 2 aliphatic heterocycles. The van der Waals surface area contributed by atoms with Crippen LogP contribution >= 0.6 is 11.6 Å². The Morgan fingerprint density at radius 2 is 2.10 bits per heavy atom. The molecule has 0 amide bonds. The van der Waals surface area contributed by atoms with E-state index in [1.54, 1.807) is 0 Å². The highest BCUT2D eigenvalue weighted by atomic mass is 35.5. The van der Waals surface area contributed by atoms with Gasteiger partial charge in [-0.15, -0.1) is 0 Å². The van der Waals surface area contributed by atoms with Gasteiger partial charge in [-0.2, -0.15) is 5.10 Å². The van der Waals surface area contributed by atoms with Gasteiger partial charge in [-0.1, -0.05) is 29.8 Å². The van der Waals surface area contributed by atoms with Gasteiger partial charge in [0.2, 0.25) is 0 Å². The molecule has 0 bridgehead atoms. The summed E-state index contributed by atoms with van der Waals surface area (Å²) in [6.45, 7) is 6.35. The van der Waals surface area contributed by atoms with Crippen LogP contribution in [0.2, 0.25) is 5.02 Å². The third-order valence-corrected chi connectivity index (χ3v) is 5.56. The number of aromatic amines is 1. The molecule has 0 aliphatic carbocycles. The lowest BCUT2D eigenvalue weighted by Crippen LogP contribution is -2.41. The van der Waals surface area contributed by atoms with Crippen LogP contribution in [-0.2, 0) is 4.74 Å². The second-order valence-corrected chi connectivity index (χ2v) is 7.73. The molecular formula is C21H21ClN6O. The number of aryl methyl sites for hydroxylation is 1. The number of aliphatic imine (C=N–C) groups is 1. The molecule has 4 heterocycles. The molecule has 2 N–H and O–H groups in total. The van der Waals surface area contributed by atoms with Crippen molar-refractivity contribution >= 4 is 40.3 Å². The van der Waals surface area contributed by atoms with E-state index in [1.165, 1.54) is 0 Å². The summed E-state index contributed by atoms with van der Waals surface area (Å²) in [4.78, 5) is 11.9. The number of fused-ring (bicyclic) bond motifs is 2. The average Bonchev–Trinajstić information content (AvgIpc) is 2.97. The monoisotopic (exact) mass is 408 g/mol. The van der Waals surface area contributed by atoms with Crippen LogP contribution in [0.3, 0.4) is 0 Å². The molecule has 1 aromatic carbocycles. The van der Waals surface area contributed by atoms with E-state index in [9.17, 15) is 0 Å². The molecule has 2 aromatic heterocycles. The van der Waals surface area contributed by atoms with Crippen molar-refractivity contribution in [3.63, 3.8) is 0 Å². The van der Waals surface area contributed by atoms with Crippen molar-refractivity contribution in [1.82, 2.24) is 15.2 Å². The highest BCUT2D eigenvalue weighted by molar-refractivity contribution is 6.36. The fourth-order valence-electron chi connectivity index (χ4n) is 3.74. The highest BCUT2D eigenvalue weighted by Gasteiger charge is 2.25. The topological polar surface area (TPSA) is 78.4 Å². The van der Waals surface area contributed by atoms with Crippen LogP contribution in [0.1, 0.15) is 23.7 Å². The van der Waals surface area contributed by atoms with Crippen LogP contribution < -0.4 is 10.2 Å². The van der Waals surface area contributed by atoms with Gasteiger partial charge in [0.05, 0.1) is 29.8 Å². The van der Waals surface area contributed by atoms with Crippen LogP contribution in [0, 0.1) is 6.92 Å². The Morgan fingerprint density at radius 1 is 1.24 bits per heavy atom. The predicted molar refractivity (Wildman–Crippen MR) is 115 cm³/mol. The van der Waals surface area contributed by atoms with Crippen molar-refractivity contribution in [3.8, 4) is 0 Å². The lowest BCUT2D eigenvalue weighted by atomic mass is 10.0. The number of ether oxygens (including phenoxy) is 1. The molecule has 5 rings (SSSR count). The van der Waals surface area contributed by atoms with Gasteiger partial charge in [-0.3, -0.25) is 5.10 Å². The number of halogens is 1. The van der Waals surface area contributed by atoms with E-state index in [4.69, 9.17) is 26.3 Å². The molecule has 0 radical (unpaired) electrons. The Morgan fingerprint density at radius 3 is 2.93 bits per heavy atom. The highest BCUT2D eigenvalue weighted by Crippen LogP contribution is 2.38. The molecular weight excluding hydrogens is 388 g/mol. The normalized spacial score (nSPS) is 18.4. The maximum atomic E-state index is 6.52. The first-order chi connectivity index (χ1) is 14.1. The summed E-state index contributed by atoms with van der Waals surface area (Å²) in [5.41, 5.74) is 5.09. The van der Waals surface area contributed by atoms with Crippen LogP contribution in [0.5, 0.6) is 0 Å². The zero-order valence-electron chi connectivity index (χ0n) is 16.2. The molecule has 8 heteroatoms. The summed E-state index contributed by atoms with van der Waals surface area (Å²) < 4.78 is 5.67. The number of hydrogen-bond donors (Lipinski definition) is 2. The summed E-state index contributed by atoms with van der Waals surface area (Å²) in [6, 6.07) is 9.78. The second-order valence-electron chi connectivity index (χ2n) is 7.33. The Bertz CT molecular complexity index is 1110. The molecule has 0 saturated carbocycles. The van der Waals surface area contributed by atoms with Crippen LogP contribution in [0.15, 0.2) is 41.5 Å². The first kappa shape index (κ1) is 18.1. The minimum absolute atomic E-state index is 0.179. The number of morpholine rings is 1. The molecule has 29 heavy (non-hydrogen) atoms. The van der Waals surface area contributed by atoms with E-state index in [0.29, 0.717) is 17.4 Å². The van der Waals surface area contributed by atoms with Gasteiger partial charge in [-0.05, 0) is 19.9 Å². The Labute approximate surface area is 173 Å². The number of anilines is 3. The van der Waals surface area contributed by atoms with Gasteiger partial charge in [-0.25, -0.2) is 9.98 Å². The number of rotatable bonds is 2.